The lowest BCUT2D eigenvalue weighted by molar-refractivity contribution is 1.08. The van der Waals surface area contributed by atoms with Gasteiger partial charge >= 0.3 is 0 Å². The zero-order valence-electron chi connectivity index (χ0n) is 15.3. The molecule has 3 nitrogen and oxygen atoms in total. The standard InChI is InChI=1S/C24H15Br2N3/c25-19-11-17(12-20(26)14-19)23-28-22-13-18(16-7-3-1-4-8-16)15-27-24(22)29(23)21-9-5-2-6-10-21/h1-15H. The topological polar surface area (TPSA) is 30.7 Å². The minimum atomic E-state index is 0.835. The van der Waals surface area contributed by atoms with Crippen molar-refractivity contribution in [3.8, 4) is 28.2 Å². The molecule has 5 rings (SSSR count). The second-order valence-corrected chi connectivity index (χ2v) is 8.53. The van der Waals surface area contributed by atoms with Gasteiger partial charge in [0.25, 0.3) is 0 Å². The van der Waals surface area contributed by atoms with Gasteiger partial charge in [-0.3, -0.25) is 4.57 Å². The fraction of sp³-hybridized carbons (Fsp3) is 0. The number of benzene rings is 3. The number of imidazole rings is 1. The molecule has 29 heavy (non-hydrogen) atoms. The lowest BCUT2D eigenvalue weighted by Gasteiger charge is -2.10. The number of hydrogen-bond acceptors (Lipinski definition) is 2. The summed E-state index contributed by atoms with van der Waals surface area (Å²) in [7, 11) is 0. The largest absolute Gasteiger partial charge is 0.277 e. The van der Waals surface area contributed by atoms with Crippen molar-refractivity contribution in [2.75, 3.05) is 0 Å². The Morgan fingerprint density at radius 3 is 2.00 bits per heavy atom. The molecule has 0 saturated carbocycles. The molecule has 0 N–H and O–H groups in total. The van der Waals surface area contributed by atoms with Gasteiger partial charge in [-0.1, -0.05) is 80.4 Å². The van der Waals surface area contributed by atoms with Crippen molar-refractivity contribution in [2.45, 2.75) is 0 Å². The monoisotopic (exact) mass is 503 g/mol. The third-order valence-corrected chi connectivity index (χ3v) is 5.66. The van der Waals surface area contributed by atoms with E-state index in [1.54, 1.807) is 0 Å². The first kappa shape index (κ1) is 18.3. The molecule has 0 spiro atoms. The zero-order chi connectivity index (χ0) is 19.8. The summed E-state index contributed by atoms with van der Waals surface area (Å²) in [5.74, 6) is 0.853. The third-order valence-electron chi connectivity index (χ3n) is 4.74. The quantitative estimate of drug-likeness (QED) is 0.258. The minimum absolute atomic E-state index is 0.835. The van der Waals surface area contributed by atoms with Gasteiger partial charge in [0, 0.05) is 32.0 Å². The average molecular weight is 505 g/mol. The SMILES string of the molecule is Brc1cc(Br)cc(-c2nc3cc(-c4ccccc4)cnc3n2-c2ccccc2)c1. The van der Waals surface area contributed by atoms with Crippen molar-refractivity contribution in [3.63, 3.8) is 0 Å². The van der Waals surface area contributed by atoms with E-state index in [4.69, 9.17) is 9.97 Å². The summed E-state index contributed by atoms with van der Waals surface area (Å²) < 4.78 is 4.09. The molecule has 0 saturated heterocycles. The van der Waals surface area contributed by atoms with Gasteiger partial charge in [0.2, 0.25) is 0 Å². The maximum Gasteiger partial charge on any atom is 0.164 e. The average Bonchev–Trinajstić information content (AvgIpc) is 3.13. The smallest absolute Gasteiger partial charge is 0.164 e. The van der Waals surface area contributed by atoms with Gasteiger partial charge in [0.15, 0.2) is 5.65 Å². The van der Waals surface area contributed by atoms with Crippen LogP contribution < -0.4 is 0 Å². The third kappa shape index (κ3) is 3.52. The molecular weight excluding hydrogens is 490 g/mol. The molecular formula is C24H15Br2N3. The van der Waals surface area contributed by atoms with Crippen LogP contribution in [0.15, 0.2) is 100 Å². The first-order valence-corrected chi connectivity index (χ1v) is 10.7. The Balaban J connectivity index is 1.79. The van der Waals surface area contributed by atoms with Gasteiger partial charge in [-0.15, -0.1) is 0 Å². The highest BCUT2D eigenvalue weighted by molar-refractivity contribution is 9.11. The van der Waals surface area contributed by atoms with Crippen LogP contribution in [0, 0.1) is 0 Å². The molecule has 2 heterocycles. The van der Waals surface area contributed by atoms with Crippen molar-refractivity contribution in [2.24, 2.45) is 0 Å². The predicted molar refractivity (Wildman–Crippen MR) is 125 cm³/mol. The lowest BCUT2D eigenvalue weighted by atomic mass is 10.1. The van der Waals surface area contributed by atoms with Gasteiger partial charge < -0.3 is 0 Å². The van der Waals surface area contributed by atoms with E-state index in [1.165, 1.54) is 0 Å². The summed E-state index contributed by atoms with van der Waals surface area (Å²) in [6.45, 7) is 0. The highest BCUT2D eigenvalue weighted by atomic mass is 79.9. The first-order chi connectivity index (χ1) is 14.2. The van der Waals surface area contributed by atoms with Crippen molar-refractivity contribution in [1.82, 2.24) is 14.5 Å². The number of pyridine rings is 1. The minimum Gasteiger partial charge on any atom is -0.277 e. The van der Waals surface area contributed by atoms with Crippen LogP contribution in [0.25, 0.3) is 39.4 Å². The molecule has 2 aromatic heterocycles. The van der Waals surface area contributed by atoms with E-state index >= 15 is 0 Å². The molecule has 0 aliphatic heterocycles. The van der Waals surface area contributed by atoms with Crippen LogP contribution >= 0.6 is 31.9 Å². The van der Waals surface area contributed by atoms with Crippen LogP contribution in [-0.2, 0) is 0 Å². The van der Waals surface area contributed by atoms with Crippen molar-refractivity contribution in [1.29, 1.82) is 0 Å². The molecule has 5 aromatic rings. The Bertz CT molecular complexity index is 1290. The first-order valence-electron chi connectivity index (χ1n) is 9.15. The van der Waals surface area contributed by atoms with E-state index in [2.05, 4.69) is 78.9 Å². The van der Waals surface area contributed by atoms with Crippen LogP contribution in [0.4, 0.5) is 0 Å². The predicted octanol–water partition coefficient (Wildman–Crippen LogP) is 7.28. The maximum absolute atomic E-state index is 4.99. The molecule has 0 unspecified atom stereocenters. The normalized spacial score (nSPS) is 11.1. The maximum atomic E-state index is 4.99. The van der Waals surface area contributed by atoms with Gasteiger partial charge in [-0.05, 0) is 42.0 Å². The number of aromatic nitrogens is 3. The highest BCUT2D eigenvalue weighted by Gasteiger charge is 2.17. The Morgan fingerprint density at radius 1 is 0.655 bits per heavy atom. The van der Waals surface area contributed by atoms with E-state index in [0.29, 0.717) is 0 Å². The van der Waals surface area contributed by atoms with Gasteiger partial charge in [0.05, 0.1) is 0 Å². The number of nitrogens with zero attached hydrogens (tertiary/aromatic N) is 3. The molecule has 5 heteroatoms. The molecule has 3 aromatic carbocycles. The van der Waals surface area contributed by atoms with Crippen LogP contribution in [-0.4, -0.2) is 14.5 Å². The fourth-order valence-electron chi connectivity index (χ4n) is 3.45. The molecule has 140 valence electrons. The number of hydrogen-bond donors (Lipinski definition) is 0. The molecule has 0 radical (unpaired) electrons. The Labute approximate surface area is 185 Å². The summed E-state index contributed by atoms with van der Waals surface area (Å²) >= 11 is 7.19. The van der Waals surface area contributed by atoms with E-state index in [1.807, 2.05) is 48.7 Å². The molecule has 0 aliphatic rings. The van der Waals surface area contributed by atoms with Crippen LogP contribution in [0.3, 0.4) is 0 Å². The summed E-state index contributed by atoms with van der Waals surface area (Å²) in [6.07, 6.45) is 1.92. The highest BCUT2D eigenvalue weighted by Crippen LogP contribution is 2.32. The molecule has 0 aliphatic carbocycles. The molecule has 0 fully saturated rings. The van der Waals surface area contributed by atoms with Crippen LogP contribution in [0.2, 0.25) is 0 Å². The van der Waals surface area contributed by atoms with E-state index in [-0.39, 0.29) is 0 Å². The second-order valence-electron chi connectivity index (χ2n) is 6.70. The number of fused-ring (bicyclic) bond motifs is 1. The summed E-state index contributed by atoms with van der Waals surface area (Å²) in [5, 5.41) is 0. The summed E-state index contributed by atoms with van der Waals surface area (Å²) in [5.41, 5.74) is 5.92. The molecule has 0 bridgehead atoms. The second kappa shape index (κ2) is 7.58. The molecule has 0 atom stereocenters. The Hall–Kier alpha value is -2.76. The van der Waals surface area contributed by atoms with E-state index in [9.17, 15) is 0 Å². The van der Waals surface area contributed by atoms with Crippen molar-refractivity contribution in [3.05, 3.63) is 100 Å². The van der Waals surface area contributed by atoms with Crippen molar-refractivity contribution >= 4 is 43.0 Å². The number of rotatable bonds is 3. The van der Waals surface area contributed by atoms with E-state index < -0.39 is 0 Å². The van der Waals surface area contributed by atoms with E-state index in [0.717, 1.165) is 48.3 Å². The summed E-state index contributed by atoms with van der Waals surface area (Å²) in [4.78, 5) is 9.79. The van der Waals surface area contributed by atoms with Crippen LogP contribution in [0.5, 0.6) is 0 Å². The van der Waals surface area contributed by atoms with Gasteiger partial charge in [0.1, 0.15) is 11.3 Å². The molecule has 0 amide bonds. The number of para-hydroxylation sites is 1. The Morgan fingerprint density at radius 2 is 1.31 bits per heavy atom. The lowest BCUT2D eigenvalue weighted by Crippen LogP contribution is -1.98. The zero-order valence-corrected chi connectivity index (χ0v) is 18.4. The van der Waals surface area contributed by atoms with Crippen molar-refractivity contribution < 1.29 is 0 Å². The van der Waals surface area contributed by atoms with Gasteiger partial charge in [-0.25, -0.2) is 9.97 Å². The van der Waals surface area contributed by atoms with Crippen LogP contribution in [0.1, 0.15) is 0 Å². The fourth-order valence-corrected chi connectivity index (χ4v) is 4.75. The van der Waals surface area contributed by atoms with Gasteiger partial charge in [-0.2, -0.15) is 0 Å². The Kier molecular flexibility index (Phi) is 4.78. The number of halogens is 2. The summed E-state index contributed by atoms with van der Waals surface area (Å²) in [6, 6.07) is 28.7.